The van der Waals surface area contributed by atoms with Crippen LogP contribution in [0, 0.1) is 23.2 Å². The molecule has 16 heavy (non-hydrogen) atoms. The molecule has 0 aliphatic heterocycles. The van der Waals surface area contributed by atoms with Crippen LogP contribution in [-0.2, 0) is 6.54 Å². The van der Waals surface area contributed by atoms with Gasteiger partial charge in [-0.05, 0) is 19.2 Å². The highest BCUT2D eigenvalue weighted by atomic mass is 32.1. The van der Waals surface area contributed by atoms with Crippen molar-refractivity contribution in [1.29, 1.82) is 5.26 Å². The summed E-state index contributed by atoms with van der Waals surface area (Å²) in [5.74, 6) is 5.50. The Hall–Kier alpha value is -1.33. The summed E-state index contributed by atoms with van der Waals surface area (Å²) in [6, 6.07) is 6.12. The molecule has 0 bridgehead atoms. The molecule has 0 atom stereocenters. The van der Waals surface area contributed by atoms with Gasteiger partial charge in [0.15, 0.2) is 0 Å². The van der Waals surface area contributed by atoms with Crippen LogP contribution in [0.3, 0.4) is 0 Å². The predicted octanol–water partition coefficient (Wildman–Crippen LogP) is 1.44. The van der Waals surface area contributed by atoms with Crippen molar-refractivity contribution in [2.24, 2.45) is 0 Å². The third-order valence-electron chi connectivity index (χ3n) is 1.98. The summed E-state index contributed by atoms with van der Waals surface area (Å²) >= 11 is 1.63. The van der Waals surface area contributed by atoms with Crippen molar-refractivity contribution in [3.63, 3.8) is 0 Å². The van der Waals surface area contributed by atoms with Crippen LogP contribution in [0.4, 0.5) is 0 Å². The third-order valence-corrected chi connectivity index (χ3v) is 2.97. The molecule has 1 rings (SSSR count). The van der Waals surface area contributed by atoms with Crippen molar-refractivity contribution in [1.82, 2.24) is 4.90 Å². The SMILES string of the molecule is CN(CCC#N)Cc1ccc(C#CCO)s1. The quantitative estimate of drug-likeness (QED) is 0.802. The smallest absolute Gasteiger partial charge is 0.104 e. The van der Waals surface area contributed by atoms with Gasteiger partial charge in [0.2, 0.25) is 0 Å². The number of aliphatic hydroxyl groups is 1. The zero-order chi connectivity index (χ0) is 11.8. The molecule has 0 aromatic carbocycles. The van der Waals surface area contributed by atoms with E-state index in [1.807, 2.05) is 19.2 Å². The van der Waals surface area contributed by atoms with Crippen LogP contribution in [-0.4, -0.2) is 30.2 Å². The minimum atomic E-state index is -0.102. The molecule has 0 amide bonds. The first-order valence-corrected chi connectivity index (χ1v) is 5.82. The van der Waals surface area contributed by atoms with Gasteiger partial charge in [0, 0.05) is 24.4 Å². The van der Waals surface area contributed by atoms with Gasteiger partial charge in [-0.1, -0.05) is 11.8 Å². The topological polar surface area (TPSA) is 47.3 Å². The first kappa shape index (κ1) is 12.7. The first-order valence-electron chi connectivity index (χ1n) is 5.00. The highest BCUT2D eigenvalue weighted by Crippen LogP contribution is 2.16. The normalized spacial score (nSPS) is 9.62. The van der Waals surface area contributed by atoms with Gasteiger partial charge in [0.05, 0.1) is 10.9 Å². The Balaban J connectivity index is 2.49. The standard InChI is InChI=1S/C12H14N2OS/c1-14(8-3-7-13)10-12-6-5-11(16-12)4-2-9-15/h5-6,15H,3,8-10H2,1H3. The molecule has 4 heteroatoms. The number of nitrogens with zero attached hydrogens (tertiary/aromatic N) is 2. The molecule has 0 radical (unpaired) electrons. The fourth-order valence-corrected chi connectivity index (χ4v) is 2.21. The molecule has 3 nitrogen and oxygen atoms in total. The molecule has 0 aliphatic carbocycles. The Kier molecular flexibility index (Phi) is 5.60. The number of nitriles is 1. The number of rotatable bonds is 4. The number of hydrogen-bond acceptors (Lipinski definition) is 4. The van der Waals surface area contributed by atoms with Gasteiger partial charge in [-0.2, -0.15) is 5.26 Å². The van der Waals surface area contributed by atoms with Gasteiger partial charge in [0.1, 0.15) is 6.61 Å². The van der Waals surface area contributed by atoms with E-state index in [1.54, 1.807) is 11.3 Å². The van der Waals surface area contributed by atoms with Crippen LogP contribution >= 0.6 is 11.3 Å². The van der Waals surface area contributed by atoms with Gasteiger partial charge in [-0.15, -0.1) is 11.3 Å². The van der Waals surface area contributed by atoms with Crippen LogP contribution in [0.1, 0.15) is 16.2 Å². The highest BCUT2D eigenvalue weighted by Gasteiger charge is 2.02. The van der Waals surface area contributed by atoms with E-state index in [4.69, 9.17) is 10.4 Å². The Morgan fingerprint density at radius 1 is 1.50 bits per heavy atom. The minimum Gasteiger partial charge on any atom is -0.384 e. The predicted molar refractivity (Wildman–Crippen MR) is 64.8 cm³/mol. The van der Waals surface area contributed by atoms with Gasteiger partial charge in [0.25, 0.3) is 0 Å². The van der Waals surface area contributed by atoms with Crippen molar-refractivity contribution in [3.8, 4) is 17.9 Å². The molecule has 0 fully saturated rings. The third kappa shape index (κ3) is 4.46. The summed E-state index contributed by atoms with van der Waals surface area (Å²) in [5, 5.41) is 17.0. The second kappa shape index (κ2) is 7.03. The summed E-state index contributed by atoms with van der Waals surface area (Å²) in [5.41, 5.74) is 0. The number of thiophene rings is 1. The molecule has 0 aliphatic rings. The maximum absolute atomic E-state index is 8.57. The lowest BCUT2D eigenvalue weighted by atomic mass is 10.3. The van der Waals surface area contributed by atoms with Crippen LogP contribution in [0.5, 0.6) is 0 Å². The van der Waals surface area contributed by atoms with Crippen molar-refractivity contribution < 1.29 is 5.11 Å². The zero-order valence-corrected chi connectivity index (χ0v) is 10.0. The van der Waals surface area contributed by atoms with E-state index in [0.717, 1.165) is 18.0 Å². The second-order valence-electron chi connectivity index (χ2n) is 3.37. The first-order chi connectivity index (χ1) is 7.76. The van der Waals surface area contributed by atoms with Crippen molar-refractivity contribution in [2.45, 2.75) is 13.0 Å². The minimum absolute atomic E-state index is 0.102. The summed E-state index contributed by atoms with van der Waals surface area (Å²) in [4.78, 5) is 4.30. The van der Waals surface area contributed by atoms with Crippen molar-refractivity contribution in [3.05, 3.63) is 21.9 Å². The van der Waals surface area contributed by atoms with E-state index in [9.17, 15) is 0 Å². The fraction of sp³-hybridized carbons (Fsp3) is 0.417. The molecule has 0 spiro atoms. The molecule has 1 heterocycles. The number of aliphatic hydroxyl groups excluding tert-OH is 1. The monoisotopic (exact) mass is 234 g/mol. The van der Waals surface area contributed by atoms with E-state index < -0.39 is 0 Å². The Labute approximate surface area is 99.9 Å². The Bertz CT molecular complexity index is 422. The maximum atomic E-state index is 8.57. The maximum Gasteiger partial charge on any atom is 0.104 e. The zero-order valence-electron chi connectivity index (χ0n) is 9.23. The van der Waals surface area contributed by atoms with E-state index in [1.165, 1.54) is 4.88 Å². The molecular formula is C12H14N2OS. The summed E-state index contributed by atoms with van der Waals surface area (Å²) < 4.78 is 0. The largest absolute Gasteiger partial charge is 0.384 e. The molecule has 1 aromatic heterocycles. The van der Waals surface area contributed by atoms with Crippen LogP contribution in [0.15, 0.2) is 12.1 Å². The average molecular weight is 234 g/mol. The Morgan fingerprint density at radius 3 is 3.00 bits per heavy atom. The molecule has 0 saturated carbocycles. The van der Waals surface area contributed by atoms with Gasteiger partial charge < -0.3 is 10.0 Å². The van der Waals surface area contributed by atoms with E-state index in [0.29, 0.717) is 6.42 Å². The lowest BCUT2D eigenvalue weighted by Crippen LogP contribution is -2.17. The average Bonchev–Trinajstić information content (AvgIpc) is 2.71. The number of hydrogen-bond donors (Lipinski definition) is 1. The Morgan fingerprint density at radius 2 is 2.31 bits per heavy atom. The van der Waals surface area contributed by atoms with Gasteiger partial charge in [-0.25, -0.2) is 0 Å². The van der Waals surface area contributed by atoms with E-state index >= 15 is 0 Å². The molecule has 1 N–H and O–H groups in total. The molecule has 0 unspecified atom stereocenters. The van der Waals surface area contributed by atoms with Gasteiger partial charge in [-0.3, -0.25) is 0 Å². The van der Waals surface area contributed by atoms with Crippen LogP contribution in [0.25, 0.3) is 0 Å². The summed E-state index contributed by atoms with van der Waals surface area (Å²) in [6.07, 6.45) is 0.555. The second-order valence-corrected chi connectivity index (χ2v) is 4.54. The van der Waals surface area contributed by atoms with Crippen LogP contribution in [0.2, 0.25) is 0 Å². The molecular weight excluding hydrogens is 220 g/mol. The van der Waals surface area contributed by atoms with E-state index in [-0.39, 0.29) is 6.61 Å². The fourth-order valence-electron chi connectivity index (χ4n) is 1.24. The van der Waals surface area contributed by atoms with Crippen molar-refractivity contribution in [2.75, 3.05) is 20.2 Å². The highest BCUT2D eigenvalue weighted by molar-refractivity contribution is 7.12. The van der Waals surface area contributed by atoms with Gasteiger partial charge >= 0.3 is 0 Å². The molecule has 0 saturated heterocycles. The van der Waals surface area contributed by atoms with Crippen molar-refractivity contribution >= 4 is 11.3 Å². The van der Waals surface area contributed by atoms with E-state index in [2.05, 4.69) is 22.8 Å². The molecule has 1 aromatic rings. The summed E-state index contributed by atoms with van der Waals surface area (Å²) in [7, 11) is 2.00. The van der Waals surface area contributed by atoms with Crippen LogP contribution < -0.4 is 0 Å². The lowest BCUT2D eigenvalue weighted by Gasteiger charge is -2.12. The summed E-state index contributed by atoms with van der Waals surface area (Å²) in [6.45, 7) is 1.52. The lowest BCUT2D eigenvalue weighted by molar-refractivity contribution is 0.338. The molecule has 84 valence electrons.